The average Bonchev–Trinajstić information content (AvgIpc) is 2.35. The minimum absolute atomic E-state index is 0.0169. The maximum absolute atomic E-state index is 9.46. The van der Waals surface area contributed by atoms with Crippen LogP contribution < -0.4 is 5.73 Å². The summed E-state index contributed by atoms with van der Waals surface area (Å²) in [4.78, 5) is 2.00. The lowest BCUT2D eigenvalue weighted by atomic mass is 10.0. The Bertz CT molecular complexity index is 379. The largest absolute Gasteiger partial charge is 0.409 e. The predicted molar refractivity (Wildman–Crippen MR) is 71.5 cm³/mol. The van der Waals surface area contributed by atoms with Gasteiger partial charge in [-0.25, -0.2) is 0 Å². The van der Waals surface area contributed by atoms with Crippen molar-refractivity contribution in [2.24, 2.45) is 10.9 Å². The second kappa shape index (κ2) is 6.98. The zero-order chi connectivity index (χ0) is 13.5. The highest BCUT2D eigenvalue weighted by Gasteiger charge is 2.19. The van der Waals surface area contributed by atoms with E-state index in [1.165, 1.54) is 0 Å². The third kappa shape index (κ3) is 4.35. The first-order valence-corrected chi connectivity index (χ1v) is 5.94. The fourth-order valence-electron chi connectivity index (χ4n) is 1.99. The molecule has 5 nitrogen and oxygen atoms in total. The second-order valence-corrected chi connectivity index (χ2v) is 4.51. The van der Waals surface area contributed by atoms with E-state index >= 15 is 0 Å². The number of hydrogen-bond donors (Lipinski definition) is 3. The van der Waals surface area contributed by atoms with Crippen molar-refractivity contribution in [2.75, 3.05) is 13.6 Å². The highest BCUT2D eigenvalue weighted by atomic mass is 16.4. The summed E-state index contributed by atoms with van der Waals surface area (Å²) in [6.45, 7) is 2.26. The molecule has 1 aromatic carbocycles. The van der Waals surface area contributed by atoms with Gasteiger partial charge in [-0.2, -0.15) is 0 Å². The second-order valence-electron chi connectivity index (χ2n) is 4.51. The van der Waals surface area contributed by atoms with Crippen molar-refractivity contribution < 1.29 is 10.3 Å². The molecule has 4 N–H and O–H groups in total. The van der Waals surface area contributed by atoms with Gasteiger partial charge in [0.05, 0.1) is 6.10 Å². The van der Waals surface area contributed by atoms with Crippen LogP contribution in [0.1, 0.15) is 24.9 Å². The lowest BCUT2D eigenvalue weighted by Crippen LogP contribution is -2.33. The molecule has 1 aromatic rings. The number of nitrogens with zero attached hydrogens (tertiary/aromatic N) is 2. The summed E-state index contributed by atoms with van der Waals surface area (Å²) in [5.41, 5.74) is 6.67. The number of nitrogens with two attached hydrogens (primary N) is 1. The number of amidine groups is 1. The molecule has 0 aliphatic heterocycles. The van der Waals surface area contributed by atoms with Crippen LogP contribution in [0.5, 0.6) is 0 Å². The normalized spacial score (nSPS) is 15.7. The highest BCUT2D eigenvalue weighted by Crippen LogP contribution is 2.23. The summed E-state index contributed by atoms with van der Waals surface area (Å²) in [7, 11) is 1.91. The van der Waals surface area contributed by atoms with E-state index < -0.39 is 6.10 Å². The van der Waals surface area contributed by atoms with E-state index in [-0.39, 0.29) is 11.9 Å². The Morgan fingerprint density at radius 3 is 2.50 bits per heavy atom. The molecule has 2 unspecified atom stereocenters. The SMILES string of the molecule is CC(O)CN(C)C(CC(N)=NO)c1ccccc1. The van der Waals surface area contributed by atoms with Crippen molar-refractivity contribution in [2.45, 2.75) is 25.5 Å². The van der Waals surface area contributed by atoms with Crippen molar-refractivity contribution in [3.8, 4) is 0 Å². The van der Waals surface area contributed by atoms with Crippen LogP contribution in [0.25, 0.3) is 0 Å². The molecule has 0 amide bonds. The summed E-state index contributed by atoms with van der Waals surface area (Å²) < 4.78 is 0. The smallest absolute Gasteiger partial charge is 0.141 e. The molecular weight excluding hydrogens is 230 g/mol. The van der Waals surface area contributed by atoms with Crippen molar-refractivity contribution in [3.05, 3.63) is 35.9 Å². The van der Waals surface area contributed by atoms with Gasteiger partial charge in [0, 0.05) is 19.0 Å². The minimum Gasteiger partial charge on any atom is -0.409 e. The maximum Gasteiger partial charge on any atom is 0.141 e. The van der Waals surface area contributed by atoms with E-state index in [2.05, 4.69) is 5.16 Å². The zero-order valence-corrected chi connectivity index (χ0v) is 10.8. The molecule has 0 aliphatic carbocycles. The van der Waals surface area contributed by atoms with Crippen LogP contribution in [-0.4, -0.2) is 40.7 Å². The number of hydrogen-bond acceptors (Lipinski definition) is 4. The summed E-state index contributed by atoms with van der Waals surface area (Å²) in [5, 5.41) is 21.2. The van der Waals surface area contributed by atoms with Gasteiger partial charge in [0.2, 0.25) is 0 Å². The molecule has 5 heteroatoms. The maximum atomic E-state index is 9.46. The van der Waals surface area contributed by atoms with Crippen LogP contribution >= 0.6 is 0 Å². The topological polar surface area (TPSA) is 82.1 Å². The summed E-state index contributed by atoms with van der Waals surface area (Å²) in [6.07, 6.45) is -0.00231. The van der Waals surface area contributed by atoms with E-state index in [9.17, 15) is 5.11 Å². The molecule has 0 fully saturated rings. The first-order chi connectivity index (χ1) is 8.54. The Labute approximate surface area is 108 Å². The van der Waals surface area contributed by atoms with Crippen LogP contribution in [0.3, 0.4) is 0 Å². The van der Waals surface area contributed by atoms with Crippen LogP contribution in [0, 0.1) is 0 Å². The van der Waals surface area contributed by atoms with Gasteiger partial charge in [-0.3, -0.25) is 4.90 Å². The Morgan fingerprint density at radius 1 is 1.39 bits per heavy atom. The number of benzene rings is 1. The van der Waals surface area contributed by atoms with Crippen molar-refractivity contribution >= 4 is 5.84 Å². The molecule has 18 heavy (non-hydrogen) atoms. The highest BCUT2D eigenvalue weighted by molar-refractivity contribution is 5.80. The van der Waals surface area contributed by atoms with Crippen LogP contribution in [0.15, 0.2) is 35.5 Å². The predicted octanol–water partition coefficient (Wildman–Crippen LogP) is 1.18. The molecule has 0 spiro atoms. The lowest BCUT2D eigenvalue weighted by molar-refractivity contribution is 0.118. The first kappa shape index (κ1) is 14.5. The van der Waals surface area contributed by atoms with Gasteiger partial charge < -0.3 is 16.0 Å². The fraction of sp³-hybridized carbons (Fsp3) is 0.462. The number of aliphatic hydroxyl groups excluding tert-OH is 1. The quantitative estimate of drug-likeness (QED) is 0.307. The lowest BCUT2D eigenvalue weighted by Gasteiger charge is -2.29. The van der Waals surface area contributed by atoms with Gasteiger partial charge in [-0.1, -0.05) is 35.5 Å². The standard InChI is InChI=1S/C13H21N3O2/c1-10(17)9-16(2)12(8-13(14)15-18)11-6-4-3-5-7-11/h3-7,10,12,17-18H,8-9H2,1-2H3,(H2,14,15). The molecular formula is C13H21N3O2. The van der Waals surface area contributed by atoms with E-state index in [0.717, 1.165) is 5.56 Å². The van der Waals surface area contributed by atoms with Gasteiger partial charge in [0.1, 0.15) is 5.84 Å². The van der Waals surface area contributed by atoms with Crippen molar-refractivity contribution in [1.29, 1.82) is 0 Å². The van der Waals surface area contributed by atoms with Gasteiger partial charge >= 0.3 is 0 Å². The molecule has 0 aromatic heterocycles. The van der Waals surface area contributed by atoms with Gasteiger partial charge in [0.15, 0.2) is 0 Å². The molecule has 0 saturated heterocycles. The average molecular weight is 251 g/mol. The third-order valence-corrected chi connectivity index (χ3v) is 2.80. The molecule has 1 rings (SSSR count). The minimum atomic E-state index is -0.423. The van der Waals surface area contributed by atoms with Gasteiger partial charge in [-0.05, 0) is 19.5 Å². The number of aliphatic hydroxyl groups is 1. The molecule has 2 atom stereocenters. The van der Waals surface area contributed by atoms with Crippen molar-refractivity contribution in [3.63, 3.8) is 0 Å². The summed E-state index contributed by atoms with van der Waals surface area (Å²) in [6, 6.07) is 9.81. The first-order valence-electron chi connectivity index (χ1n) is 5.94. The molecule has 0 aliphatic rings. The summed E-state index contributed by atoms with van der Waals surface area (Å²) in [5.74, 6) is 0.182. The van der Waals surface area contributed by atoms with Crippen LogP contribution in [-0.2, 0) is 0 Å². The van der Waals surface area contributed by atoms with Crippen LogP contribution in [0.4, 0.5) is 0 Å². The number of oxime groups is 1. The fourth-order valence-corrected chi connectivity index (χ4v) is 1.99. The van der Waals surface area contributed by atoms with Gasteiger partial charge in [0.25, 0.3) is 0 Å². The van der Waals surface area contributed by atoms with Crippen molar-refractivity contribution in [1.82, 2.24) is 4.90 Å². The molecule has 0 bridgehead atoms. The number of likely N-dealkylation sites (N-methyl/N-ethyl adjacent to an activating group) is 1. The molecule has 0 heterocycles. The molecule has 100 valence electrons. The third-order valence-electron chi connectivity index (χ3n) is 2.80. The Kier molecular flexibility index (Phi) is 5.61. The Hall–Kier alpha value is -1.59. The Balaban J connectivity index is 2.88. The van der Waals surface area contributed by atoms with E-state index in [1.54, 1.807) is 6.92 Å². The summed E-state index contributed by atoms with van der Waals surface area (Å²) >= 11 is 0. The Morgan fingerprint density at radius 2 is 2.00 bits per heavy atom. The number of rotatable bonds is 6. The molecule has 0 radical (unpaired) electrons. The van der Waals surface area contributed by atoms with E-state index in [4.69, 9.17) is 10.9 Å². The van der Waals surface area contributed by atoms with Gasteiger partial charge in [-0.15, -0.1) is 0 Å². The zero-order valence-electron chi connectivity index (χ0n) is 10.8. The van der Waals surface area contributed by atoms with E-state index in [0.29, 0.717) is 13.0 Å². The van der Waals surface area contributed by atoms with E-state index in [1.807, 2.05) is 42.3 Å². The molecule has 0 saturated carbocycles. The monoisotopic (exact) mass is 251 g/mol. The van der Waals surface area contributed by atoms with Crippen LogP contribution in [0.2, 0.25) is 0 Å².